The Bertz CT molecular complexity index is 1180. The highest BCUT2D eigenvalue weighted by Gasteiger charge is 2.30. The molecule has 0 spiro atoms. The van der Waals surface area contributed by atoms with Gasteiger partial charge in [-0.25, -0.2) is 8.42 Å². The molecule has 2 aromatic rings. The first kappa shape index (κ1) is 30.0. The Morgan fingerprint density at radius 1 is 1.05 bits per heavy atom. The zero-order chi connectivity index (χ0) is 27.7. The standard InChI is InChI=1S/C29H40ClN3O4S/c1-4-26(29(35)31-25-12-6-5-7-13-25)32(21-23-16-18-24(30)19-17-23)28(34)15-10-20-33(38(3,36)37)27-14-9-8-11-22(27)2/h8-9,11,14,16-19,25-26H,4-7,10,12-13,15,20-21H2,1-3H3,(H,31,35)/t26-/m0/s1. The number of anilines is 1. The van der Waals surface area contributed by atoms with Crippen LogP contribution in [0.2, 0.25) is 5.02 Å². The summed E-state index contributed by atoms with van der Waals surface area (Å²) in [4.78, 5) is 28.6. The second-order valence-electron chi connectivity index (χ2n) is 10.1. The number of hydrogen-bond donors (Lipinski definition) is 1. The Morgan fingerprint density at radius 2 is 1.71 bits per heavy atom. The van der Waals surface area contributed by atoms with Gasteiger partial charge in [0.15, 0.2) is 0 Å². The van der Waals surface area contributed by atoms with Crippen molar-refractivity contribution in [2.24, 2.45) is 0 Å². The average Bonchev–Trinajstić information content (AvgIpc) is 2.88. The Kier molecular flexibility index (Phi) is 11.0. The Balaban J connectivity index is 1.76. The molecule has 0 unspecified atom stereocenters. The number of sulfonamides is 1. The summed E-state index contributed by atoms with van der Waals surface area (Å²) >= 11 is 6.06. The van der Waals surface area contributed by atoms with E-state index >= 15 is 0 Å². The van der Waals surface area contributed by atoms with Gasteiger partial charge in [-0.3, -0.25) is 13.9 Å². The Morgan fingerprint density at radius 3 is 2.32 bits per heavy atom. The molecule has 38 heavy (non-hydrogen) atoms. The topological polar surface area (TPSA) is 86.8 Å². The molecule has 3 rings (SSSR count). The quantitative estimate of drug-likeness (QED) is 0.373. The molecule has 1 saturated carbocycles. The molecule has 2 amide bonds. The molecule has 1 aliphatic rings. The highest BCUT2D eigenvalue weighted by Crippen LogP contribution is 2.24. The monoisotopic (exact) mass is 561 g/mol. The Labute approximate surface area is 232 Å². The summed E-state index contributed by atoms with van der Waals surface area (Å²) in [5, 5.41) is 3.78. The zero-order valence-electron chi connectivity index (χ0n) is 22.7. The summed E-state index contributed by atoms with van der Waals surface area (Å²) in [6.45, 7) is 4.23. The molecular weight excluding hydrogens is 522 g/mol. The van der Waals surface area contributed by atoms with Gasteiger partial charge in [0.05, 0.1) is 11.9 Å². The minimum absolute atomic E-state index is 0.124. The van der Waals surface area contributed by atoms with Crippen LogP contribution in [0.3, 0.4) is 0 Å². The first-order valence-electron chi connectivity index (χ1n) is 13.5. The number of amides is 2. The van der Waals surface area contributed by atoms with Crippen molar-refractivity contribution in [2.75, 3.05) is 17.1 Å². The van der Waals surface area contributed by atoms with Crippen LogP contribution in [-0.4, -0.2) is 50.0 Å². The van der Waals surface area contributed by atoms with Gasteiger partial charge in [0.1, 0.15) is 6.04 Å². The molecule has 1 fully saturated rings. The average molecular weight is 562 g/mol. The SMILES string of the molecule is CC[C@@H](C(=O)NC1CCCCC1)N(Cc1ccc(Cl)cc1)C(=O)CCCN(c1ccccc1C)S(C)(=O)=O. The fourth-order valence-electron chi connectivity index (χ4n) is 5.08. The van der Waals surface area contributed by atoms with Gasteiger partial charge in [0.25, 0.3) is 0 Å². The third kappa shape index (κ3) is 8.46. The van der Waals surface area contributed by atoms with Gasteiger partial charge in [-0.1, -0.05) is 68.1 Å². The maximum Gasteiger partial charge on any atom is 0.243 e. The van der Waals surface area contributed by atoms with E-state index in [4.69, 9.17) is 11.6 Å². The third-order valence-electron chi connectivity index (χ3n) is 7.14. The molecule has 0 heterocycles. The summed E-state index contributed by atoms with van der Waals surface area (Å²) in [5.41, 5.74) is 2.34. The number of nitrogens with one attached hydrogen (secondary N) is 1. The van der Waals surface area contributed by atoms with Gasteiger partial charge < -0.3 is 10.2 Å². The summed E-state index contributed by atoms with van der Waals surface area (Å²) in [6.07, 6.45) is 7.45. The fraction of sp³-hybridized carbons (Fsp3) is 0.517. The smallest absolute Gasteiger partial charge is 0.243 e. The number of rotatable bonds is 12. The van der Waals surface area contributed by atoms with Gasteiger partial charge in [0.2, 0.25) is 21.8 Å². The molecule has 208 valence electrons. The van der Waals surface area contributed by atoms with E-state index in [1.54, 1.807) is 29.2 Å². The van der Waals surface area contributed by atoms with Crippen LogP contribution in [0, 0.1) is 6.92 Å². The van der Waals surface area contributed by atoms with Crippen LogP contribution in [0.15, 0.2) is 48.5 Å². The lowest BCUT2D eigenvalue weighted by atomic mass is 9.95. The van der Waals surface area contributed by atoms with Crippen molar-refractivity contribution in [1.82, 2.24) is 10.2 Å². The number of hydrogen-bond acceptors (Lipinski definition) is 4. The minimum atomic E-state index is -3.53. The van der Waals surface area contributed by atoms with E-state index in [0.29, 0.717) is 23.6 Å². The van der Waals surface area contributed by atoms with Crippen LogP contribution in [0.1, 0.15) is 69.4 Å². The van der Waals surface area contributed by atoms with Gasteiger partial charge in [-0.15, -0.1) is 0 Å². The lowest BCUT2D eigenvalue weighted by Crippen LogP contribution is -2.51. The van der Waals surface area contributed by atoms with E-state index in [2.05, 4.69) is 5.32 Å². The number of nitrogens with zero attached hydrogens (tertiary/aromatic N) is 2. The molecule has 7 nitrogen and oxygen atoms in total. The molecule has 0 aromatic heterocycles. The molecule has 9 heteroatoms. The summed E-state index contributed by atoms with van der Waals surface area (Å²) in [6, 6.07) is 14.1. The predicted octanol–water partition coefficient (Wildman–Crippen LogP) is 5.45. The highest BCUT2D eigenvalue weighted by molar-refractivity contribution is 7.92. The molecule has 2 aromatic carbocycles. The van der Waals surface area contributed by atoms with Crippen molar-refractivity contribution in [3.05, 3.63) is 64.7 Å². The number of carbonyl (C=O) groups excluding carboxylic acids is 2. The van der Waals surface area contributed by atoms with Crippen LogP contribution in [0.25, 0.3) is 0 Å². The van der Waals surface area contributed by atoms with E-state index in [-0.39, 0.29) is 37.4 Å². The summed E-state index contributed by atoms with van der Waals surface area (Å²) in [5.74, 6) is -0.303. The molecule has 0 bridgehead atoms. The van der Waals surface area contributed by atoms with Crippen molar-refractivity contribution in [3.8, 4) is 0 Å². The van der Waals surface area contributed by atoms with E-state index in [0.717, 1.165) is 36.8 Å². The second kappa shape index (κ2) is 14.0. The first-order valence-corrected chi connectivity index (χ1v) is 15.7. The molecule has 1 atom stereocenters. The minimum Gasteiger partial charge on any atom is -0.352 e. The molecule has 0 saturated heterocycles. The van der Waals surface area contributed by atoms with E-state index in [9.17, 15) is 18.0 Å². The van der Waals surface area contributed by atoms with E-state index in [1.165, 1.54) is 17.0 Å². The van der Waals surface area contributed by atoms with Crippen molar-refractivity contribution in [2.45, 2.75) is 83.8 Å². The van der Waals surface area contributed by atoms with Crippen molar-refractivity contribution < 1.29 is 18.0 Å². The number of benzene rings is 2. The van der Waals surface area contributed by atoms with Crippen molar-refractivity contribution >= 4 is 39.1 Å². The maximum absolute atomic E-state index is 13.6. The number of aryl methyl sites for hydroxylation is 1. The molecule has 0 radical (unpaired) electrons. The van der Waals surface area contributed by atoms with Gasteiger partial charge in [-0.05, 0) is 61.9 Å². The predicted molar refractivity (Wildman–Crippen MR) is 154 cm³/mol. The first-order chi connectivity index (χ1) is 18.1. The highest BCUT2D eigenvalue weighted by atomic mass is 35.5. The van der Waals surface area contributed by atoms with Crippen LogP contribution < -0.4 is 9.62 Å². The van der Waals surface area contributed by atoms with Crippen molar-refractivity contribution in [3.63, 3.8) is 0 Å². The third-order valence-corrected chi connectivity index (χ3v) is 8.57. The molecule has 0 aliphatic heterocycles. The van der Waals surface area contributed by atoms with Gasteiger partial charge in [-0.2, -0.15) is 0 Å². The van der Waals surface area contributed by atoms with E-state index < -0.39 is 16.1 Å². The number of carbonyl (C=O) groups is 2. The van der Waals surface area contributed by atoms with Crippen LogP contribution in [-0.2, 0) is 26.2 Å². The fourth-order valence-corrected chi connectivity index (χ4v) is 6.22. The normalized spacial score (nSPS) is 15.1. The van der Waals surface area contributed by atoms with E-state index in [1.807, 2.05) is 38.1 Å². The Hall–Kier alpha value is -2.58. The van der Waals surface area contributed by atoms with Crippen LogP contribution in [0.4, 0.5) is 5.69 Å². The largest absolute Gasteiger partial charge is 0.352 e. The summed E-state index contributed by atoms with van der Waals surface area (Å²) in [7, 11) is -3.53. The van der Waals surface area contributed by atoms with Crippen LogP contribution >= 0.6 is 11.6 Å². The lowest BCUT2D eigenvalue weighted by Gasteiger charge is -2.33. The van der Waals surface area contributed by atoms with Gasteiger partial charge in [0, 0.05) is 30.6 Å². The molecular formula is C29H40ClN3O4S. The summed E-state index contributed by atoms with van der Waals surface area (Å²) < 4.78 is 26.5. The number of halogens is 1. The number of para-hydroxylation sites is 1. The lowest BCUT2D eigenvalue weighted by molar-refractivity contribution is -0.141. The molecule has 1 aliphatic carbocycles. The maximum atomic E-state index is 13.6. The zero-order valence-corrected chi connectivity index (χ0v) is 24.2. The second-order valence-corrected chi connectivity index (χ2v) is 12.5. The molecule has 1 N–H and O–H groups in total. The van der Waals surface area contributed by atoms with Gasteiger partial charge >= 0.3 is 0 Å². The van der Waals surface area contributed by atoms with Crippen molar-refractivity contribution in [1.29, 1.82) is 0 Å². The van der Waals surface area contributed by atoms with Crippen LogP contribution in [0.5, 0.6) is 0 Å².